The summed E-state index contributed by atoms with van der Waals surface area (Å²) in [6, 6.07) is 0. The largest absolute Gasteiger partial charge is 0.470 e. The van der Waals surface area contributed by atoms with E-state index in [-0.39, 0.29) is 0 Å². The Morgan fingerprint density at radius 3 is 2.36 bits per heavy atom. The predicted octanol–water partition coefficient (Wildman–Crippen LogP) is 1.17. The van der Waals surface area contributed by atoms with Gasteiger partial charge in [-0.3, -0.25) is 4.79 Å². The van der Waals surface area contributed by atoms with Crippen LogP contribution in [-0.4, -0.2) is 24.4 Å². The van der Waals surface area contributed by atoms with Crippen LogP contribution in [0.15, 0.2) is 12.7 Å². The molecule has 0 rings (SSSR count). The van der Waals surface area contributed by atoms with Crippen LogP contribution in [0.4, 0.5) is 13.2 Å². The Balaban J connectivity index is 4.33. The molecule has 0 spiro atoms. The number of halogens is 3. The highest BCUT2D eigenvalue weighted by atomic mass is 19.3. The molecular formula is C7H7F3O4. The molecule has 0 saturated heterocycles. The van der Waals surface area contributed by atoms with Crippen molar-refractivity contribution in [2.45, 2.75) is 19.4 Å². The summed E-state index contributed by atoms with van der Waals surface area (Å²) in [5.41, 5.74) is 0. The molecular weight excluding hydrogens is 205 g/mol. The first-order chi connectivity index (χ1) is 6.29. The van der Waals surface area contributed by atoms with Gasteiger partial charge >= 0.3 is 24.4 Å². The average molecular weight is 212 g/mol. The second-order valence-electron chi connectivity index (χ2n) is 2.11. The van der Waals surface area contributed by atoms with E-state index in [1.807, 2.05) is 0 Å². The van der Waals surface area contributed by atoms with Gasteiger partial charge in [-0.1, -0.05) is 6.58 Å². The fourth-order valence-electron chi connectivity index (χ4n) is 0.457. The molecule has 0 aliphatic heterocycles. The van der Waals surface area contributed by atoms with Gasteiger partial charge in [-0.25, -0.2) is 4.79 Å². The molecule has 0 amide bonds. The van der Waals surface area contributed by atoms with E-state index in [2.05, 4.69) is 16.1 Å². The molecule has 0 aromatic heterocycles. The quantitative estimate of drug-likeness (QED) is 0.518. The zero-order valence-electron chi connectivity index (χ0n) is 7.13. The Hall–Kier alpha value is -1.53. The molecule has 7 heteroatoms. The molecule has 80 valence electrons. The minimum Gasteiger partial charge on any atom is -0.417 e. The maximum Gasteiger partial charge on any atom is 0.470 e. The van der Waals surface area contributed by atoms with Crippen LogP contribution >= 0.6 is 0 Å². The SMILES string of the molecule is C=CC(=O)OC(F)C(F)(F)OC(C)=O. The number of hydrogen-bond acceptors (Lipinski definition) is 4. The highest BCUT2D eigenvalue weighted by Crippen LogP contribution is 2.24. The summed E-state index contributed by atoms with van der Waals surface area (Å²) in [4.78, 5) is 20.4. The van der Waals surface area contributed by atoms with E-state index in [4.69, 9.17) is 0 Å². The summed E-state index contributed by atoms with van der Waals surface area (Å²) in [6.45, 7) is 3.53. The van der Waals surface area contributed by atoms with Gasteiger partial charge in [0.25, 0.3) is 0 Å². The molecule has 1 unspecified atom stereocenters. The molecule has 4 nitrogen and oxygen atoms in total. The van der Waals surface area contributed by atoms with Gasteiger partial charge in [0.1, 0.15) is 0 Å². The van der Waals surface area contributed by atoms with Gasteiger partial charge in [-0.15, -0.1) is 0 Å². The molecule has 0 heterocycles. The van der Waals surface area contributed by atoms with Gasteiger partial charge in [-0.05, 0) is 0 Å². The maximum absolute atomic E-state index is 12.5. The number of ether oxygens (including phenoxy) is 2. The number of hydrogen-bond donors (Lipinski definition) is 0. The van der Waals surface area contributed by atoms with Crippen molar-refractivity contribution in [1.82, 2.24) is 0 Å². The van der Waals surface area contributed by atoms with Crippen molar-refractivity contribution >= 4 is 11.9 Å². The maximum atomic E-state index is 12.5. The van der Waals surface area contributed by atoms with Crippen LogP contribution in [0.2, 0.25) is 0 Å². The molecule has 0 radical (unpaired) electrons. The van der Waals surface area contributed by atoms with Gasteiger partial charge in [0.05, 0.1) is 0 Å². The van der Waals surface area contributed by atoms with Gasteiger partial charge < -0.3 is 9.47 Å². The van der Waals surface area contributed by atoms with Crippen LogP contribution < -0.4 is 0 Å². The molecule has 1 atom stereocenters. The zero-order chi connectivity index (χ0) is 11.4. The highest BCUT2D eigenvalue weighted by Gasteiger charge is 2.47. The topological polar surface area (TPSA) is 52.6 Å². The van der Waals surface area contributed by atoms with E-state index in [1.165, 1.54) is 0 Å². The van der Waals surface area contributed by atoms with Crippen molar-refractivity contribution in [2.24, 2.45) is 0 Å². The first-order valence-corrected chi connectivity index (χ1v) is 3.34. The first kappa shape index (κ1) is 12.5. The summed E-state index contributed by atoms with van der Waals surface area (Å²) in [6.07, 6.45) is -7.35. The monoisotopic (exact) mass is 212 g/mol. The molecule has 0 saturated carbocycles. The average Bonchev–Trinajstić information content (AvgIpc) is 2.01. The van der Waals surface area contributed by atoms with E-state index < -0.39 is 24.4 Å². The van der Waals surface area contributed by atoms with Crippen LogP contribution in [-0.2, 0) is 19.1 Å². The summed E-state index contributed by atoms with van der Waals surface area (Å²) < 4.78 is 44.1. The van der Waals surface area contributed by atoms with Gasteiger partial charge in [0, 0.05) is 13.0 Å². The fourth-order valence-corrected chi connectivity index (χ4v) is 0.457. The number of rotatable bonds is 4. The lowest BCUT2D eigenvalue weighted by Crippen LogP contribution is -2.37. The minimum atomic E-state index is -4.50. The lowest BCUT2D eigenvalue weighted by molar-refractivity contribution is -0.305. The number of esters is 2. The smallest absolute Gasteiger partial charge is 0.417 e. The van der Waals surface area contributed by atoms with Gasteiger partial charge in [0.2, 0.25) is 0 Å². The normalized spacial score (nSPS) is 12.9. The summed E-state index contributed by atoms with van der Waals surface area (Å²) in [7, 11) is 0. The molecule has 0 N–H and O–H groups in total. The van der Waals surface area contributed by atoms with Crippen molar-refractivity contribution in [2.75, 3.05) is 0 Å². The number of alkyl halides is 3. The predicted molar refractivity (Wildman–Crippen MR) is 37.9 cm³/mol. The van der Waals surface area contributed by atoms with Crippen molar-refractivity contribution in [1.29, 1.82) is 0 Å². The second-order valence-corrected chi connectivity index (χ2v) is 2.11. The molecule has 0 aromatic rings. The molecule has 14 heavy (non-hydrogen) atoms. The zero-order valence-corrected chi connectivity index (χ0v) is 7.13. The van der Waals surface area contributed by atoms with Crippen molar-refractivity contribution in [3.63, 3.8) is 0 Å². The first-order valence-electron chi connectivity index (χ1n) is 3.34. The van der Waals surface area contributed by atoms with E-state index in [1.54, 1.807) is 0 Å². The fraction of sp³-hybridized carbons (Fsp3) is 0.429. The van der Waals surface area contributed by atoms with E-state index in [0.717, 1.165) is 0 Å². The van der Waals surface area contributed by atoms with Crippen LogP contribution in [0.3, 0.4) is 0 Å². The third-order valence-electron chi connectivity index (χ3n) is 0.930. The third-order valence-corrected chi connectivity index (χ3v) is 0.930. The lowest BCUT2D eigenvalue weighted by atomic mass is 10.6. The van der Waals surface area contributed by atoms with Crippen molar-refractivity contribution < 1.29 is 32.2 Å². The van der Waals surface area contributed by atoms with Gasteiger partial charge in [0.15, 0.2) is 0 Å². The molecule has 0 aromatic carbocycles. The minimum absolute atomic E-state index is 0.496. The Morgan fingerprint density at radius 1 is 1.50 bits per heavy atom. The van der Waals surface area contributed by atoms with E-state index >= 15 is 0 Å². The highest BCUT2D eigenvalue weighted by molar-refractivity contribution is 5.81. The molecule has 0 fully saturated rings. The van der Waals surface area contributed by atoms with E-state index in [9.17, 15) is 22.8 Å². The number of carbonyl (C=O) groups is 2. The molecule has 0 bridgehead atoms. The Labute approximate surface area is 77.3 Å². The standard InChI is InChI=1S/C7H7F3O4/c1-3-5(12)13-6(8)7(9,10)14-4(2)11/h3,6H,1H2,2H3. The lowest BCUT2D eigenvalue weighted by Gasteiger charge is -2.18. The third kappa shape index (κ3) is 3.92. The Bertz CT molecular complexity index is 251. The van der Waals surface area contributed by atoms with Crippen LogP contribution in [0.1, 0.15) is 6.92 Å². The van der Waals surface area contributed by atoms with Crippen LogP contribution in [0, 0.1) is 0 Å². The second kappa shape index (κ2) is 4.64. The Morgan fingerprint density at radius 2 is 2.00 bits per heavy atom. The number of carbonyl (C=O) groups excluding carboxylic acids is 2. The van der Waals surface area contributed by atoms with Crippen LogP contribution in [0.25, 0.3) is 0 Å². The van der Waals surface area contributed by atoms with Gasteiger partial charge in [-0.2, -0.15) is 13.2 Å². The van der Waals surface area contributed by atoms with Crippen molar-refractivity contribution in [3.8, 4) is 0 Å². The summed E-state index contributed by atoms with van der Waals surface area (Å²) in [5, 5.41) is 0. The van der Waals surface area contributed by atoms with E-state index in [0.29, 0.717) is 13.0 Å². The summed E-state index contributed by atoms with van der Waals surface area (Å²) in [5.74, 6) is -2.78. The summed E-state index contributed by atoms with van der Waals surface area (Å²) >= 11 is 0. The molecule has 0 aliphatic rings. The van der Waals surface area contributed by atoms with Crippen LogP contribution in [0.5, 0.6) is 0 Å². The van der Waals surface area contributed by atoms with Crippen molar-refractivity contribution in [3.05, 3.63) is 12.7 Å². The Kier molecular flexibility index (Phi) is 4.13. The molecule has 0 aliphatic carbocycles.